The predicted molar refractivity (Wildman–Crippen MR) is 94.4 cm³/mol. The van der Waals surface area contributed by atoms with Crippen LogP contribution in [0.5, 0.6) is 0 Å². The van der Waals surface area contributed by atoms with E-state index in [9.17, 15) is 9.59 Å². The minimum atomic E-state index is -0.548. The Morgan fingerprint density at radius 2 is 1.62 bits per heavy atom. The number of aryl methyl sites for hydroxylation is 3. The number of ether oxygens (including phenoxy) is 1. The SMILES string of the molecule is CCc1cc(C)cc(CC)c1C1C(=O)CC(C2CCCO2)CC1=O. The van der Waals surface area contributed by atoms with Crippen LogP contribution in [0.15, 0.2) is 12.1 Å². The van der Waals surface area contributed by atoms with Gasteiger partial charge in [-0.2, -0.15) is 0 Å². The fraction of sp³-hybridized carbons (Fsp3) is 0.619. The van der Waals surface area contributed by atoms with Crippen LogP contribution in [0.25, 0.3) is 0 Å². The van der Waals surface area contributed by atoms with E-state index in [1.54, 1.807) is 0 Å². The molecular weight excluding hydrogens is 300 g/mol. The lowest BCUT2D eigenvalue weighted by molar-refractivity contribution is -0.135. The lowest BCUT2D eigenvalue weighted by Crippen LogP contribution is -2.37. The maximum atomic E-state index is 12.9. The molecule has 0 bridgehead atoms. The van der Waals surface area contributed by atoms with Crippen molar-refractivity contribution in [2.45, 2.75) is 71.3 Å². The summed E-state index contributed by atoms with van der Waals surface area (Å²) in [6.07, 6.45) is 4.83. The first-order chi connectivity index (χ1) is 11.5. The minimum Gasteiger partial charge on any atom is -0.378 e. The third kappa shape index (κ3) is 3.19. The standard InChI is InChI=1S/C21H28O3/c1-4-14-9-13(3)10-15(5-2)20(14)21-17(22)11-16(12-18(21)23)19-7-6-8-24-19/h9-10,16,19,21H,4-8,11-12H2,1-3H3. The average molecular weight is 328 g/mol. The first kappa shape index (κ1) is 17.3. The summed E-state index contributed by atoms with van der Waals surface area (Å²) in [5, 5.41) is 0. The molecule has 0 N–H and O–H groups in total. The molecule has 0 radical (unpaired) electrons. The Bertz CT molecular complexity index is 597. The molecule has 1 aromatic rings. The fourth-order valence-electron chi connectivity index (χ4n) is 4.47. The summed E-state index contributed by atoms with van der Waals surface area (Å²) in [4.78, 5) is 25.8. The molecule has 0 aromatic heterocycles. The number of carbonyl (C=O) groups excluding carboxylic acids is 2. The molecular formula is C21H28O3. The summed E-state index contributed by atoms with van der Waals surface area (Å²) in [6, 6.07) is 4.28. The van der Waals surface area contributed by atoms with E-state index in [4.69, 9.17) is 4.74 Å². The molecule has 1 saturated carbocycles. The lowest BCUT2D eigenvalue weighted by Gasteiger charge is -2.31. The van der Waals surface area contributed by atoms with E-state index < -0.39 is 5.92 Å². The molecule has 1 aliphatic carbocycles. The highest BCUT2D eigenvalue weighted by molar-refractivity contribution is 6.10. The van der Waals surface area contributed by atoms with Gasteiger partial charge in [-0.15, -0.1) is 0 Å². The summed E-state index contributed by atoms with van der Waals surface area (Å²) < 4.78 is 5.73. The number of hydrogen-bond donors (Lipinski definition) is 0. The summed E-state index contributed by atoms with van der Waals surface area (Å²) >= 11 is 0. The van der Waals surface area contributed by atoms with Gasteiger partial charge < -0.3 is 4.74 Å². The molecule has 1 aliphatic heterocycles. The monoisotopic (exact) mass is 328 g/mol. The second-order valence-electron chi connectivity index (χ2n) is 7.29. The molecule has 1 aromatic carbocycles. The Kier molecular flexibility index (Phi) is 5.19. The van der Waals surface area contributed by atoms with Crippen LogP contribution in [0.4, 0.5) is 0 Å². The average Bonchev–Trinajstić information content (AvgIpc) is 3.09. The van der Waals surface area contributed by atoms with E-state index in [0.29, 0.717) is 12.8 Å². The first-order valence-corrected chi connectivity index (χ1v) is 9.34. The maximum Gasteiger partial charge on any atom is 0.148 e. The van der Waals surface area contributed by atoms with Crippen LogP contribution < -0.4 is 0 Å². The van der Waals surface area contributed by atoms with Crippen molar-refractivity contribution in [2.75, 3.05) is 6.61 Å². The topological polar surface area (TPSA) is 43.4 Å². The van der Waals surface area contributed by atoms with Crippen LogP contribution in [0.2, 0.25) is 0 Å². The van der Waals surface area contributed by atoms with Crippen molar-refractivity contribution in [2.24, 2.45) is 5.92 Å². The van der Waals surface area contributed by atoms with Gasteiger partial charge in [0.2, 0.25) is 0 Å². The maximum absolute atomic E-state index is 12.9. The number of ketones is 2. The quantitative estimate of drug-likeness (QED) is 0.787. The van der Waals surface area contributed by atoms with Gasteiger partial charge in [0.1, 0.15) is 17.5 Å². The van der Waals surface area contributed by atoms with E-state index in [-0.39, 0.29) is 23.6 Å². The highest BCUT2D eigenvalue weighted by atomic mass is 16.5. The largest absolute Gasteiger partial charge is 0.378 e. The molecule has 1 unspecified atom stereocenters. The third-order valence-corrected chi connectivity index (χ3v) is 5.61. The lowest BCUT2D eigenvalue weighted by atomic mass is 9.72. The zero-order valence-corrected chi connectivity index (χ0v) is 15.1. The van der Waals surface area contributed by atoms with Crippen molar-refractivity contribution in [3.05, 3.63) is 34.4 Å². The van der Waals surface area contributed by atoms with Gasteiger partial charge in [0.25, 0.3) is 0 Å². The first-order valence-electron chi connectivity index (χ1n) is 9.34. The zero-order valence-electron chi connectivity index (χ0n) is 15.1. The summed E-state index contributed by atoms with van der Waals surface area (Å²) in [5.74, 6) is -0.266. The van der Waals surface area contributed by atoms with Gasteiger partial charge in [-0.1, -0.05) is 31.5 Å². The number of carbonyl (C=O) groups is 2. The van der Waals surface area contributed by atoms with E-state index in [0.717, 1.165) is 49.0 Å². The second kappa shape index (κ2) is 7.18. The molecule has 1 heterocycles. The van der Waals surface area contributed by atoms with E-state index >= 15 is 0 Å². The van der Waals surface area contributed by atoms with Crippen molar-refractivity contribution in [1.29, 1.82) is 0 Å². The normalized spacial score (nSPS) is 27.7. The smallest absolute Gasteiger partial charge is 0.148 e. The number of rotatable bonds is 4. The van der Waals surface area contributed by atoms with Crippen LogP contribution in [-0.2, 0) is 27.2 Å². The van der Waals surface area contributed by atoms with Gasteiger partial charge in [0, 0.05) is 19.4 Å². The van der Waals surface area contributed by atoms with Gasteiger partial charge in [-0.05, 0) is 55.2 Å². The number of Topliss-reactive ketones (excluding diaryl/α,β-unsaturated/α-hetero) is 2. The molecule has 1 atom stereocenters. The van der Waals surface area contributed by atoms with Crippen LogP contribution in [0, 0.1) is 12.8 Å². The van der Waals surface area contributed by atoms with Crippen molar-refractivity contribution >= 4 is 11.6 Å². The van der Waals surface area contributed by atoms with Crippen molar-refractivity contribution in [1.82, 2.24) is 0 Å². The molecule has 3 rings (SSSR count). The second-order valence-corrected chi connectivity index (χ2v) is 7.29. The Balaban J connectivity index is 1.93. The molecule has 3 heteroatoms. The van der Waals surface area contributed by atoms with Crippen LogP contribution in [-0.4, -0.2) is 24.3 Å². The summed E-state index contributed by atoms with van der Waals surface area (Å²) in [7, 11) is 0. The molecule has 3 nitrogen and oxygen atoms in total. The molecule has 24 heavy (non-hydrogen) atoms. The van der Waals surface area contributed by atoms with Crippen molar-refractivity contribution in [3.8, 4) is 0 Å². The van der Waals surface area contributed by atoms with Gasteiger partial charge >= 0.3 is 0 Å². The number of hydrogen-bond acceptors (Lipinski definition) is 3. The van der Waals surface area contributed by atoms with Crippen molar-refractivity contribution < 1.29 is 14.3 Å². The van der Waals surface area contributed by atoms with E-state index in [2.05, 4.69) is 32.9 Å². The minimum absolute atomic E-state index is 0.0874. The zero-order chi connectivity index (χ0) is 17.3. The molecule has 2 fully saturated rings. The highest BCUT2D eigenvalue weighted by Gasteiger charge is 2.41. The molecule has 0 spiro atoms. The van der Waals surface area contributed by atoms with E-state index in [1.165, 1.54) is 5.56 Å². The van der Waals surface area contributed by atoms with Crippen LogP contribution in [0.3, 0.4) is 0 Å². The Hall–Kier alpha value is -1.48. The Morgan fingerprint density at radius 3 is 2.08 bits per heavy atom. The van der Waals surface area contributed by atoms with Gasteiger partial charge in [-0.25, -0.2) is 0 Å². The van der Waals surface area contributed by atoms with Gasteiger partial charge in [-0.3, -0.25) is 9.59 Å². The molecule has 1 saturated heterocycles. The Morgan fingerprint density at radius 1 is 1.04 bits per heavy atom. The Labute approximate surface area is 144 Å². The van der Waals surface area contributed by atoms with Gasteiger partial charge in [0.15, 0.2) is 0 Å². The highest BCUT2D eigenvalue weighted by Crippen LogP contribution is 2.38. The summed E-state index contributed by atoms with van der Waals surface area (Å²) in [5.41, 5.74) is 4.54. The number of benzene rings is 1. The molecule has 2 aliphatic rings. The summed E-state index contributed by atoms with van der Waals surface area (Å²) in [6.45, 7) is 7.06. The van der Waals surface area contributed by atoms with Crippen LogP contribution in [0.1, 0.15) is 67.7 Å². The van der Waals surface area contributed by atoms with Gasteiger partial charge in [0.05, 0.1) is 6.10 Å². The van der Waals surface area contributed by atoms with Crippen molar-refractivity contribution in [3.63, 3.8) is 0 Å². The third-order valence-electron chi connectivity index (χ3n) is 5.61. The van der Waals surface area contributed by atoms with Crippen LogP contribution >= 0.6 is 0 Å². The predicted octanol–water partition coefficient (Wildman–Crippen LogP) is 3.93. The molecule has 130 valence electrons. The fourth-order valence-corrected chi connectivity index (χ4v) is 4.47. The molecule has 0 amide bonds. The van der Waals surface area contributed by atoms with E-state index in [1.807, 2.05) is 0 Å².